The number of hydrogen-bond donors (Lipinski definition) is 0. The zero-order chi connectivity index (χ0) is 30.0. The van der Waals surface area contributed by atoms with Gasteiger partial charge in [0.1, 0.15) is 19.3 Å². The fourth-order valence-electron chi connectivity index (χ4n) is 3.31. The molecule has 40 heavy (non-hydrogen) atoms. The van der Waals surface area contributed by atoms with Crippen LogP contribution in [-0.4, -0.2) is 70.7 Å². The van der Waals surface area contributed by atoms with Gasteiger partial charge in [0.15, 0.2) is 0 Å². The molecule has 0 saturated carbocycles. The highest BCUT2D eigenvalue weighted by molar-refractivity contribution is 7.45. The highest BCUT2D eigenvalue weighted by Gasteiger charge is 2.20. The van der Waals surface area contributed by atoms with Gasteiger partial charge in [-0.05, 0) is 44.9 Å². The predicted molar refractivity (Wildman–Crippen MR) is 162 cm³/mol. The fourth-order valence-corrected chi connectivity index (χ4v) is 4.04. The number of phosphoric ester groups is 1. The lowest BCUT2D eigenvalue weighted by Crippen LogP contribution is -2.37. The molecule has 0 aliphatic carbocycles. The first-order valence-electron chi connectivity index (χ1n) is 14.9. The molecule has 0 aromatic carbocycles. The summed E-state index contributed by atoms with van der Waals surface area (Å²) in [5.74, 6) is -0.375. The molecule has 0 amide bonds. The molecule has 232 valence electrons. The second-order valence-corrected chi connectivity index (χ2v) is 12.1. The van der Waals surface area contributed by atoms with Gasteiger partial charge in [-0.25, -0.2) is 0 Å². The van der Waals surface area contributed by atoms with Gasteiger partial charge in [-0.1, -0.05) is 81.7 Å². The maximum Gasteiger partial charge on any atom is 0.306 e. The molecule has 2 atom stereocenters. The number of phosphoric acid groups is 1. The van der Waals surface area contributed by atoms with E-state index in [1.165, 1.54) is 0 Å². The Kier molecular flexibility index (Phi) is 24.2. The maximum absolute atomic E-state index is 12.3. The monoisotopic (exact) mass is 585 g/mol. The number of rotatable bonds is 26. The van der Waals surface area contributed by atoms with E-state index in [1.54, 1.807) is 0 Å². The van der Waals surface area contributed by atoms with Crippen molar-refractivity contribution in [3.63, 3.8) is 0 Å². The zero-order valence-corrected chi connectivity index (χ0v) is 26.7. The van der Waals surface area contributed by atoms with Crippen LogP contribution in [0.25, 0.3) is 0 Å². The Morgan fingerprint density at radius 1 is 0.800 bits per heavy atom. The quantitative estimate of drug-likeness (QED) is 0.0368. The van der Waals surface area contributed by atoms with Gasteiger partial charge in [0.2, 0.25) is 0 Å². The molecule has 8 nitrogen and oxygen atoms in total. The average molecular weight is 586 g/mol. The van der Waals surface area contributed by atoms with Crippen molar-refractivity contribution < 1.29 is 37.3 Å². The van der Waals surface area contributed by atoms with Crippen LogP contribution in [0, 0.1) is 0 Å². The standard InChI is InChI=1S/C31H56NO7P/c1-6-8-10-12-13-14-15-16-17-18-19-20-21-23-26-36-28-30(39-31(33)24-22-11-9-7-2)29-38-40(34,35)37-27-25-32(3,4)5/h8,10,13-14,16-17,19-20,30H,6-7,9,11-12,15,18,21-29H2,1-5H3/b10-8-,14-13-,17-16-,20-19-. The minimum Gasteiger partial charge on any atom is -0.756 e. The lowest BCUT2D eigenvalue weighted by atomic mass is 10.1. The Bertz CT molecular complexity index is 787. The SMILES string of the molecule is CC/C=C\C/C=C\C/C=C\C/C=C\CCCOCC(COP(=O)([O-])OCC[N+](C)(C)C)OC(=O)CCCCCC. The van der Waals surface area contributed by atoms with Gasteiger partial charge < -0.3 is 27.9 Å². The highest BCUT2D eigenvalue weighted by atomic mass is 31.2. The van der Waals surface area contributed by atoms with Crippen LogP contribution in [0.1, 0.15) is 84.5 Å². The average Bonchev–Trinajstić information content (AvgIpc) is 2.88. The van der Waals surface area contributed by atoms with E-state index in [1.807, 2.05) is 21.1 Å². The first-order chi connectivity index (χ1) is 19.1. The topological polar surface area (TPSA) is 94.1 Å². The van der Waals surface area contributed by atoms with E-state index in [9.17, 15) is 14.3 Å². The van der Waals surface area contributed by atoms with Crippen molar-refractivity contribution in [2.24, 2.45) is 0 Å². The van der Waals surface area contributed by atoms with Crippen LogP contribution in [0.2, 0.25) is 0 Å². The molecular formula is C31H56NO7P. The minimum absolute atomic E-state index is 0.0138. The summed E-state index contributed by atoms with van der Waals surface area (Å²) < 4.78 is 33.8. The Hall–Kier alpha value is -1.54. The summed E-state index contributed by atoms with van der Waals surface area (Å²) in [4.78, 5) is 24.4. The van der Waals surface area contributed by atoms with Gasteiger partial charge in [-0.15, -0.1) is 0 Å². The molecular weight excluding hydrogens is 529 g/mol. The number of allylic oxidation sites excluding steroid dienone is 8. The Labute approximate surface area is 244 Å². The summed E-state index contributed by atoms with van der Waals surface area (Å²) in [5.41, 5.74) is 0. The molecule has 0 aliphatic rings. The lowest BCUT2D eigenvalue weighted by molar-refractivity contribution is -0.870. The number of quaternary nitrogens is 1. The third-order valence-electron chi connectivity index (χ3n) is 5.64. The third kappa shape index (κ3) is 28.0. The summed E-state index contributed by atoms with van der Waals surface area (Å²) in [6.45, 7) is 4.96. The second kappa shape index (κ2) is 25.2. The molecule has 0 bridgehead atoms. The Morgan fingerprint density at radius 2 is 1.43 bits per heavy atom. The van der Waals surface area contributed by atoms with Crippen molar-refractivity contribution in [2.45, 2.75) is 90.6 Å². The summed E-state index contributed by atoms with van der Waals surface area (Å²) in [6.07, 6.45) is 26.2. The van der Waals surface area contributed by atoms with Crippen LogP contribution in [0.3, 0.4) is 0 Å². The van der Waals surface area contributed by atoms with Crippen LogP contribution in [-0.2, 0) is 27.9 Å². The van der Waals surface area contributed by atoms with E-state index < -0.39 is 13.9 Å². The summed E-state index contributed by atoms with van der Waals surface area (Å²) in [6, 6.07) is 0. The van der Waals surface area contributed by atoms with Crippen molar-refractivity contribution in [3.8, 4) is 0 Å². The Morgan fingerprint density at radius 3 is 2.02 bits per heavy atom. The number of ether oxygens (including phenoxy) is 2. The predicted octanol–water partition coefficient (Wildman–Crippen LogP) is 6.68. The van der Waals surface area contributed by atoms with Crippen molar-refractivity contribution in [2.75, 3.05) is 54.1 Å². The van der Waals surface area contributed by atoms with Gasteiger partial charge in [0.25, 0.3) is 7.82 Å². The van der Waals surface area contributed by atoms with E-state index in [0.29, 0.717) is 17.6 Å². The zero-order valence-electron chi connectivity index (χ0n) is 25.8. The van der Waals surface area contributed by atoms with Gasteiger partial charge in [-0.3, -0.25) is 9.36 Å². The molecule has 0 saturated heterocycles. The number of nitrogens with zero attached hydrogens (tertiary/aromatic N) is 1. The first-order valence-corrected chi connectivity index (χ1v) is 16.3. The number of likely N-dealkylation sites (N-methyl/N-ethyl adjacent to an activating group) is 1. The summed E-state index contributed by atoms with van der Waals surface area (Å²) >= 11 is 0. The van der Waals surface area contributed by atoms with Gasteiger partial charge >= 0.3 is 5.97 Å². The van der Waals surface area contributed by atoms with Gasteiger partial charge in [0, 0.05) is 13.0 Å². The molecule has 0 N–H and O–H groups in total. The summed E-state index contributed by atoms with van der Waals surface area (Å²) in [5, 5.41) is 0. The largest absolute Gasteiger partial charge is 0.756 e. The molecule has 0 aliphatic heterocycles. The van der Waals surface area contributed by atoms with Crippen molar-refractivity contribution in [1.82, 2.24) is 0 Å². The summed E-state index contributed by atoms with van der Waals surface area (Å²) in [7, 11) is 1.31. The number of carbonyl (C=O) groups excluding carboxylic acids is 1. The molecule has 0 heterocycles. The van der Waals surface area contributed by atoms with Crippen molar-refractivity contribution in [3.05, 3.63) is 48.6 Å². The molecule has 0 spiro atoms. The van der Waals surface area contributed by atoms with Gasteiger partial charge in [0.05, 0.1) is 34.4 Å². The lowest BCUT2D eigenvalue weighted by Gasteiger charge is -2.28. The van der Waals surface area contributed by atoms with Crippen molar-refractivity contribution >= 4 is 13.8 Å². The smallest absolute Gasteiger partial charge is 0.306 e. The first kappa shape index (κ1) is 38.5. The minimum atomic E-state index is -4.51. The number of hydrogen-bond acceptors (Lipinski definition) is 7. The van der Waals surface area contributed by atoms with Crippen LogP contribution < -0.4 is 4.89 Å². The maximum atomic E-state index is 12.3. The molecule has 0 fully saturated rings. The van der Waals surface area contributed by atoms with Crippen LogP contribution in [0.4, 0.5) is 0 Å². The second-order valence-electron chi connectivity index (χ2n) is 10.7. The fraction of sp³-hybridized carbons (Fsp3) is 0.710. The molecule has 2 unspecified atom stereocenters. The van der Waals surface area contributed by atoms with E-state index in [4.69, 9.17) is 18.5 Å². The third-order valence-corrected chi connectivity index (χ3v) is 6.61. The molecule has 0 aromatic heterocycles. The van der Waals surface area contributed by atoms with E-state index in [2.05, 4.69) is 62.5 Å². The van der Waals surface area contributed by atoms with Crippen LogP contribution >= 0.6 is 7.82 Å². The van der Waals surface area contributed by atoms with Crippen LogP contribution in [0.15, 0.2) is 48.6 Å². The number of carbonyl (C=O) groups is 1. The molecule has 0 aromatic rings. The highest BCUT2D eigenvalue weighted by Crippen LogP contribution is 2.38. The van der Waals surface area contributed by atoms with Crippen LogP contribution in [0.5, 0.6) is 0 Å². The van der Waals surface area contributed by atoms with Gasteiger partial charge in [-0.2, -0.15) is 0 Å². The Balaban J connectivity index is 4.38. The van der Waals surface area contributed by atoms with Crippen molar-refractivity contribution in [1.29, 1.82) is 0 Å². The van der Waals surface area contributed by atoms with E-state index in [0.717, 1.165) is 64.2 Å². The molecule has 0 radical (unpaired) electrons. The molecule has 9 heteroatoms. The normalized spacial score (nSPS) is 15.1. The molecule has 0 rings (SSSR count). The van der Waals surface area contributed by atoms with E-state index >= 15 is 0 Å². The van der Waals surface area contributed by atoms with E-state index in [-0.39, 0.29) is 32.2 Å². The number of unbranched alkanes of at least 4 members (excludes halogenated alkanes) is 4. The number of esters is 1.